The van der Waals surface area contributed by atoms with E-state index in [9.17, 15) is 18.8 Å². The maximum atomic E-state index is 14.6. The first-order valence-electron chi connectivity index (χ1n) is 14.2. The molecule has 214 valence electrons. The van der Waals surface area contributed by atoms with Gasteiger partial charge in [-0.15, -0.1) is 0 Å². The molecule has 2 heterocycles. The molecule has 0 aliphatic carbocycles. The quantitative estimate of drug-likeness (QED) is 0.407. The van der Waals surface area contributed by atoms with E-state index in [1.165, 1.54) is 12.1 Å². The first-order valence-corrected chi connectivity index (χ1v) is 14.2. The van der Waals surface area contributed by atoms with Crippen LogP contribution in [0, 0.1) is 12.7 Å². The third kappa shape index (κ3) is 6.49. The molecule has 2 atom stereocenters. The van der Waals surface area contributed by atoms with Gasteiger partial charge in [0.2, 0.25) is 5.91 Å². The van der Waals surface area contributed by atoms with E-state index in [0.29, 0.717) is 34.5 Å². The van der Waals surface area contributed by atoms with Crippen molar-refractivity contribution < 1.29 is 23.5 Å². The molecule has 8 heteroatoms. The fourth-order valence-corrected chi connectivity index (χ4v) is 5.84. The number of aryl methyl sites for hydroxylation is 1. The third-order valence-electron chi connectivity index (χ3n) is 8.14. The highest BCUT2D eigenvalue weighted by Crippen LogP contribution is 2.39. The third-order valence-corrected chi connectivity index (χ3v) is 8.14. The van der Waals surface area contributed by atoms with Gasteiger partial charge in [0.15, 0.2) is 0 Å². The van der Waals surface area contributed by atoms with E-state index in [4.69, 9.17) is 4.74 Å². The summed E-state index contributed by atoms with van der Waals surface area (Å²) in [4.78, 5) is 43.3. The lowest BCUT2D eigenvalue weighted by Gasteiger charge is -2.29. The first-order chi connectivity index (χ1) is 19.8. The molecule has 1 fully saturated rings. The molecule has 0 spiro atoms. The van der Waals surface area contributed by atoms with Gasteiger partial charge in [-0.3, -0.25) is 14.4 Å². The molecule has 1 N–H and O–H groups in total. The van der Waals surface area contributed by atoms with E-state index < -0.39 is 5.82 Å². The Balaban J connectivity index is 1.38. The minimum atomic E-state index is -0.406. The van der Waals surface area contributed by atoms with Crippen molar-refractivity contribution in [1.82, 2.24) is 4.90 Å². The summed E-state index contributed by atoms with van der Waals surface area (Å²) in [5, 5.41) is 2.88. The van der Waals surface area contributed by atoms with E-state index in [2.05, 4.69) is 5.32 Å². The average molecular weight is 558 g/mol. The molecule has 5 rings (SSSR count). The number of methoxy groups -OCH3 is 1. The van der Waals surface area contributed by atoms with Crippen LogP contribution < -0.4 is 10.2 Å². The minimum Gasteiger partial charge on any atom is -0.380 e. The number of nitrogens with zero attached hydrogens (tertiary/aromatic N) is 2. The van der Waals surface area contributed by atoms with E-state index >= 15 is 0 Å². The maximum absolute atomic E-state index is 14.6. The van der Waals surface area contributed by atoms with Crippen molar-refractivity contribution in [1.29, 1.82) is 0 Å². The van der Waals surface area contributed by atoms with Crippen molar-refractivity contribution in [3.63, 3.8) is 0 Å². The van der Waals surface area contributed by atoms with Gasteiger partial charge >= 0.3 is 0 Å². The van der Waals surface area contributed by atoms with Crippen LogP contribution in [0.4, 0.5) is 15.8 Å². The van der Waals surface area contributed by atoms with E-state index in [0.717, 1.165) is 37.9 Å². The maximum Gasteiger partial charge on any atom is 0.258 e. The number of piperidine rings is 1. The number of amides is 3. The first kappa shape index (κ1) is 28.5. The Morgan fingerprint density at radius 1 is 0.976 bits per heavy atom. The molecule has 41 heavy (non-hydrogen) atoms. The van der Waals surface area contributed by atoms with Crippen LogP contribution in [0.1, 0.15) is 69.9 Å². The van der Waals surface area contributed by atoms with Gasteiger partial charge in [-0.2, -0.15) is 0 Å². The number of ether oxygens (including phenoxy) is 1. The topological polar surface area (TPSA) is 79.0 Å². The molecule has 2 unspecified atom stereocenters. The molecule has 2 aliphatic rings. The highest BCUT2D eigenvalue weighted by molar-refractivity contribution is 6.08. The molecule has 3 aromatic carbocycles. The van der Waals surface area contributed by atoms with Gasteiger partial charge in [-0.1, -0.05) is 18.2 Å². The number of nitrogens with one attached hydrogen (secondary N) is 1. The van der Waals surface area contributed by atoms with Crippen LogP contribution >= 0.6 is 0 Å². The summed E-state index contributed by atoms with van der Waals surface area (Å²) >= 11 is 0. The summed E-state index contributed by atoms with van der Waals surface area (Å²) < 4.78 is 20.3. The lowest BCUT2D eigenvalue weighted by atomic mass is 9.89. The predicted molar refractivity (Wildman–Crippen MR) is 157 cm³/mol. The molecule has 0 bridgehead atoms. The normalized spacial score (nSPS) is 18.8. The highest BCUT2D eigenvalue weighted by atomic mass is 19.1. The van der Waals surface area contributed by atoms with E-state index in [1.807, 2.05) is 30.0 Å². The van der Waals surface area contributed by atoms with Gasteiger partial charge in [0.25, 0.3) is 11.8 Å². The second kappa shape index (κ2) is 12.6. The number of halogens is 1. The fraction of sp³-hybridized carbons (Fsp3) is 0.364. The number of likely N-dealkylation sites (tertiary alicyclic amines) is 1. The van der Waals surface area contributed by atoms with Crippen molar-refractivity contribution in [3.05, 3.63) is 94.8 Å². The van der Waals surface area contributed by atoms with Crippen LogP contribution in [0.25, 0.3) is 0 Å². The Hall–Kier alpha value is -4.04. The zero-order chi connectivity index (χ0) is 28.9. The number of carbonyl (C=O) groups excluding carboxylic acids is 3. The van der Waals surface area contributed by atoms with Crippen LogP contribution in [-0.2, 0) is 9.53 Å². The summed E-state index contributed by atoms with van der Waals surface area (Å²) in [6.45, 7) is 3.65. The van der Waals surface area contributed by atoms with Crippen LogP contribution in [0.2, 0.25) is 0 Å². The standard InChI is InChI=1S/C33H36FN3O4/c1-22-8-4-5-9-28(22)32(39)35-26-13-10-23(11-14-26)33(40)37-21-27(41-2)18-24(29-20-25(34)12-15-30(29)37)19-31(38)36-16-6-3-7-17-36/h4-5,8-15,20,24,27H,3,6-7,16-19,21H2,1-2H3,(H,35,39). The number of benzene rings is 3. The van der Waals surface area contributed by atoms with Gasteiger partial charge in [-0.05, 0) is 98.2 Å². The summed E-state index contributed by atoms with van der Waals surface area (Å²) in [7, 11) is 1.60. The molecule has 0 radical (unpaired) electrons. The number of fused-ring (bicyclic) bond motifs is 1. The largest absolute Gasteiger partial charge is 0.380 e. The van der Waals surface area contributed by atoms with Crippen LogP contribution in [0.15, 0.2) is 66.7 Å². The molecular weight excluding hydrogens is 521 g/mol. The van der Waals surface area contributed by atoms with Crippen molar-refractivity contribution in [3.8, 4) is 0 Å². The molecular formula is C33H36FN3O4. The number of rotatable bonds is 6. The van der Waals surface area contributed by atoms with Crippen molar-refractivity contribution >= 4 is 29.1 Å². The minimum absolute atomic E-state index is 0.0582. The second-order valence-corrected chi connectivity index (χ2v) is 10.9. The SMILES string of the molecule is COC1CC(CC(=O)N2CCCCC2)c2cc(F)ccc2N(C(=O)c2ccc(NC(=O)c3ccccc3C)cc2)C1. The number of carbonyl (C=O) groups is 3. The van der Waals surface area contributed by atoms with Crippen molar-refractivity contribution in [2.75, 3.05) is 37.0 Å². The van der Waals surface area contributed by atoms with Crippen LogP contribution in [0.5, 0.6) is 0 Å². The lowest BCUT2D eigenvalue weighted by Crippen LogP contribution is -2.37. The van der Waals surface area contributed by atoms with Crippen molar-refractivity contribution in [2.24, 2.45) is 0 Å². The Kier molecular flexibility index (Phi) is 8.78. The smallest absolute Gasteiger partial charge is 0.258 e. The van der Waals surface area contributed by atoms with Gasteiger partial charge in [-0.25, -0.2) is 4.39 Å². The zero-order valence-corrected chi connectivity index (χ0v) is 23.6. The molecule has 0 saturated carbocycles. The Labute approximate surface area is 240 Å². The van der Waals surface area contributed by atoms with Crippen molar-refractivity contribution in [2.45, 2.75) is 51.0 Å². The van der Waals surface area contributed by atoms with E-state index in [1.54, 1.807) is 48.4 Å². The lowest BCUT2D eigenvalue weighted by molar-refractivity contribution is -0.132. The molecule has 2 aliphatic heterocycles. The summed E-state index contributed by atoms with van der Waals surface area (Å²) in [6.07, 6.45) is 3.54. The van der Waals surface area contributed by atoms with E-state index in [-0.39, 0.29) is 42.7 Å². The van der Waals surface area contributed by atoms with Gasteiger partial charge < -0.3 is 19.9 Å². The van der Waals surface area contributed by atoms with Gasteiger partial charge in [0, 0.05) is 49.1 Å². The number of anilines is 2. The molecule has 0 aromatic heterocycles. The molecule has 3 amide bonds. The predicted octanol–water partition coefficient (Wildman–Crippen LogP) is 5.94. The Morgan fingerprint density at radius 3 is 2.41 bits per heavy atom. The molecule has 7 nitrogen and oxygen atoms in total. The fourth-order valence-electron chi connectivity index (χ4n) is 5.84. The molecule has 1 saturated heterocycles. The summed E-state index contributed by atoms with van der Waals surface area (Å²) in [5.41, 5.74) is 3.68. The monoisotopic (exact) mass is 557 g/mol. The highest BCUT2D eigenvalue weighted by Gasteiger charge is 2.34. The van der Waals surface area contributed by atoms with Crippen LogP contribution in [0.3, 0.4) is 0 Å². The average Bonchev–Trinajstić information content (AvgIpc) is 3.14. The second-order valence-electron chi connectivity index (χ2n) is 10.9. The zero-order valence-electron chi connectivity index (χ0n) is 23.6. The number of hydrogen-bond donors (Lipinski definition) is 1. The van der Waals surface area contributed by atoms with Gasteiger partial charge in [0.1, 0.15) is 5.82 Å². The Bertz CT molecular complexity index is 1420. The summed E-state index contributed by atoms with van der Waals surface area (Å²) in [5.74, 6) is -1.12. The van der Waals surface area contributed by atoms with Crippen LogP contribution in [-0.4, -0.2) is 55.5 Å². The Morgan fingerprint density at radius 2 is 1.71 bits per heavy atom. The summed E-state index contributed by atoms with van der Waals surface area (Å²) in [6, 6.07) is 18.5. The molecule has 3 aromatic rings. The van der Waals surface area contributed by atoms with Gasteiger partial charge in [0.05, 0.1) is 12.6 Å². The number of hydrogen-bond acceptors (Lipinski definition) is 4.